The molecule has 0 aromatic heterocycles. The van der Waals surface area contributed by atoms with E-state index < -0.39 is 0 Å². The maximum atomic E-state index is 12.1. The van der Waals surface area contributed by atoms with Gasteiger partial charge in [0.25, 0.3) is 5.91 Å². The molecular formula is C20H22N2O4. The van der Waals surface area contributed by atoms with Crippen molar-refractivity contribution in [3.8, 4) is 11.5 Å². The smallest absolute Gasteiger partial charge is 0.262 e. The lowest BCUT2D eigenvalue weighted by Crippen LogP contribution is -2.23. The van der Waals surface area contributed by atoms with Gasteiger partial charge in [-0.05, 0) is 55.3 Å². The van der Waals surface area contributed by atoms with Crippen molar-refractivity contribution in [2.45, 2.75) is 19.8 Å². The number of amides is 2. The summed E-state index contributed by atoms with van der Waals surface area (Å²) in [6.07, 6.45) is 1.49. The first-order valence-corrected chi connectivity index (χ1v) is 8.54. The summed E-state index contributed by atoms with van der Waals surface area (Å²) in [6.45, 7) is 2.58. The maximum absolute atomic E-state index is 12.1. The molecule has 0 saturated carbocycles. The van der Waals surface area contributed by atoms with Crippen LogP contribution in [0.4, 0.5) is 11.4 Å². The van der Waals surface area contributed by atoms with Crippen LogP contribution in [0, 0.1) is 6.92 Å². The van der Waals surface area contributed by atoms with Crippen LogP contribution in [-0.4, -0.2) is 32.1 Å². The molecule has 1 saturated heterocycles. The number of aryl methyl sites for hydroxylation is 1. The number of rotatable bonds is 6. The van der Waals surface area contributed by atoms with Crippen molar-refractivity contribution in [2.75, 3.05) is 30.5 Å². The van der Waals surface area contributed by atoms with Gasteiger partial charge in [0.15, 0.2) is 6.61 Å². The van der Waals surface area contributed by atoms with Crippen molar-refractivity contribution in [3.63, 3.8) is 0 Å². The molecule has 1 fully saturated rings. The summed E-state index contributed by atoms with van der Waals surface area (Å²) < 4.78 is 10.8. The number of anilines is 2. The Bertz CT molecular complexity index is 802. The molecule has 2 aromatic rings. The molecular weight excluding hydrogens is 332 g/mol. The number of benzene rings is 2. The van der Waals surface area contributed by atoms with Gasteiger partial charge in [0.2, 0.25) is 5.91 Å². The zero-order chi connectivity index (χ0) is 18.5. The minimum Gasteiger partial charge on any atom is -0.495 e. The Morgan fingerprint density at radius 2 is 1.96 bits per heavy atom. The molecule has 0 unspecified atom stereocenters. The molecule has 2 aromatic carbocycles. The summed E-state index contributed by atoms with van der Waals surface area (Å²) in [5.41, 5.74) is 2.49. The topological polar surface area (TPSA) is 67.9 Å². The minimum atomic E-state index is -0.271. The van der Waals surface area contributed by atoms with E-state index in [2.05, 4.69) is 5.32 Å². The lowest BCUT2D eigenvalue weighted by molar-refractivity contribution is -0.118. The number of nitrogens with one attached hydrogen (secondary N) is 1. The second-order valence-electron chi connectivity index (χ2n) is 6.18. The number of carbonyl (C=O) groups is 2. The summed E-state index contributed by atoms with van der Waals surface area (Å²) in [7, 11) is 1.56. The lowest BCUT2D eigenvalue weighted by atomic mass is 10.2. The van der Waals surface area contributed by atoms with Gasteiger partial charge in [-0.1, -0.05) is 6.07 Å². The van der Waals surface area contributed by atoms with Gasteiger partial charge >= 0.3 is 0 Å². The van der Waals surface area contributed by atoms with Crippen LogP contribution >= 0.6 is 0 Å². The van der Waals surface area contributed by atoms with E-state index in [1.54, 1.807) is 24.1 Å². The monoisotopic (exact) mass is 354 g/mol. The van der Waals surface area contributed by atoms with Gasteiger partial charge in [-0.25, -0.2) is 0 Å². The first-order valence-electron chi connectivity index (χ1n) is 8.54. The molecule has 1 aliphatic rings. The molecule has 136 valence electrons. The summed E-state index contributed by atoms with van der Waals surface area (Å²) in [6, 6.07) is 12.8. The second kappa shape index (κ2) is 7.91. The molecule has 2 amide bonds. The minimum absolute atomic E-state index is 0.112. The van der Waals surface area contributed by atoms with E-state index in [1.165, 1.54) is 0 Å². The Morgan fingerprint density at radius 3 is 2.62 bits per heavy atom. The van der Waals surface area contributed by atoms with Crippen LogP contribution in [0.25, 0.3) is 0 Å². The number of hydrogen-bond donors (Lipinski definition) is 1. The summed E-state index contributed by atoms with van der Waals surface area (Å²) in [4.78, 5) is 25.7. The quantitative estimate of drug-likeness (QED) is 0.865. The molecule has 0 spiro atoms. The van der Waals surface area contributed by atoms with Gasteiger partial charge in [0.1, 0.15) is 11.5 Å². The number of ether oxygens (including phenoxy) is 2. The van der Waals surface area contributed by atoms with Crippen LogP contribution in [0.5, 0.6) is 11.5 Å². The number of methoxy groups -OCH3 is 1. The van der Waals surface area contributed by atoms with E-state index in [4.69, 9.17) is 9.47 Å². The van der Waals surface area contributed by atoms with E-state index in [0.717, 1.165) is 24.2 Å². The SMILES string of the molecule is COc1ccc(C)cc1NC(=O)COc1ccc(N2CCCC2=O)cc1. The maximum Gasteiger partial charge on any atom is 0.262 e. The third kappa shape index (κ3) is 4.14. The van der Waals surface area contributed by atoms with Crippen molar-refractivity contribution in [1.29, 1.82) is 0 Å². The fourth-order valence-electron chi connectivity index (χ4n) is 2.90. The lowest BCUT2D eigenvalue weighted by Gasteiger charge is -2.16. The first-order chi connectivity index (χ1) is 12.6. The van der Waals surface area contributed by atoms with Gasteiger partial charge in [-0.2, -0.15) is 0 Å². The third-order valence-corrected chi connectivity index (χ3v) is 4.22. The largest absolute Gasteiger partial charge is 0.495 e. The number of hydrogen-bond acceptors (Lipinski definition) is 4. The Morgan fingerprint density at radius 1 is 1.19 bits per heavy atom. The van der Waals surface area contributed by atoms with Crippen molar-refractivity contribution in [1.82, 2.24) is 0 Å². The zero-order valence-electron chi connectivity index (χ0n) is 15.0. The summed E-state index contributed by atoms with van der Waals surface area (Å²) in [5.74, 6) is 1.05. The average molecular weight is 354 g/mol. The molecule has 1 heterocycles. The van der Waals surface area contributed by atoms with Crippen molar-refractivity contribution >= 4 is 23.2 Å². The van der Waals surface area contributed by atoms with E-state index >= 15 is 0 Å². The highest BCUT2D eigenvalue weighted by Gasteiger charge is 2.21. The van der Waals surface area contributed by atoms with E-state index in [-0.39, 0.29) is 18.4 Å². The Balaban J connectivity index is 1.56. The standard InChI is InChI=1S/C20H22N2O4/c1-14-5-10-18(25-2)17(12-14)21-19(23)13-26-16-8-6-15(7-9-16)22-11-3-4-20(22)24/h5-10,12H,3-4,11,13H2,1-2H3,(H,21,23). The van der Waals surface area contributed by atoms with Crippen LogP contribution in [0.15, 0.2) is 42.5 Å². The molecule has 6 nitrogen and oxygen atoms in total. The van der Waals surface area contributed by atoms with Crippen LogP contribution in [0.1, 0.15) is 18.4 Å². The molecule has 0 aliphatic carbocycles. The molecule has 6 heteroatoms. The Labute approximate surface area is 152 Å². The fraction of sp³-hybridized carbons (Fsp3) is 0.300. The van der Waals surface area contributed by atoms with Crippen LogP contribution in [-0.2, 0) is 9.59 Å². The average Bonchev–Trinajstić information content (AvgIpc) is 3.07. The Kier molecular flexibility index (Phi) is 5.41. The number of carbonyl (C=O) groups excluding carboxylic acids is 2. The second-order valence-corrected chi connectivity index (χ2v) is 6.18. The highest BCUT2D eigenvalue weighted by molar-refractivity contribution is 5.95. The normalized spacial score (nSPS) is 13.6. The summed E-state index contributed by atoms with van der Waals surface area (Å²) in [5, 5.41) is 2.79. The highest BCUT2D eigenvalue weighted by Crippen LogP contribution is 2.26. The predicted molar refractivity (Wildman–Crippen MR) is 99.9 cm³/mol. The van der Waals surface area contributed by atoms with Crippen molar-refractivity contribution < 1.29 is 19.1 Å². The van der Waals surface area contributed by atoms with E-state index in [1.807, 2.05) is 37.3 Å². The molecule has 1 aliphatic heterocycles. The number of nitrogens with zero attached hydrogens (tertiary/aromatic N) is 1. The predicted octanol–water partition coefficient (Wildman–Crippen LogP) is 3.15. The van der Waals surface area contributed by atoms with Crippen molar-refractivity contribution in [2.24, 2.45) is 0 Å². The zero-order valence-corrected chi connectivity index (χ0v) is 15.0. The van der Waals surface area contributed by atoms with Crippen LogP contribution < -0.4 is 19.7 Å². The molecule has 0 atom stereocenters. The van der Waals surface area contributed by atoms with E-state index in [0.29, 0.717) is 23.6 Å². The molecule has 0 bridgehead atoms. The van der Waals surface area contributed by atoms with Gasteiger partial charge in [0.05, 0.1) is 12.8 Å². The van der Waals surface area contributed by atoms with Gasteiger partial charge in [-0.3, -0.25) is 9.59 Å². The third-order valence-electron chi connectivity index (χ3n) is 4.22. The summed E-state index contributed by atoms with van der Waals surface area (Å²) >= 11 is 0. The highest BCUT2D eigenvalue weighted by atomic mass is 16.5. The van der Waals surface area contributed by atoms with Crippen molar-refractivity contribution in [3.05, 3.63) is 48.0 Å². The van der Waals surface area contributed by atoms with Gasteiger partial charge in [0, 0.05) is 18.7 Å². The molecule has 26 heavy (non-hydrogen) atoms. The van der Waals surface area contributed by atoms with Crippen LogP contribution in [0.3, 0.4) is 0 Å². The molecule has 0 radical (unpaired) electrons. The van der Waals surface area contributed by atoms with E-state index in [9.17, 15) is 9.59 Å². The molecule has 1 N–H and O–H groups in total. The van der Waals surface area contributed by atoms with Gasteiger partial charge < -0.3 is 19.7 Å². The van der Waals surface area contributed by atoms with Gasteiger partial charge in [-0.15, -0.1) is 0 Å². The molecule has 3 rings (SSSR count). The fourth-order valence-corrected chi connectivity index (χ4v) is 2.90. The Hall–Kier alpha value is -3.02. The van der Waals surface area contributed by atoms with Crippen LogP contribution in [0.2, 0.25) is 0 Å². The first kappa shape index (κ1) is 17.8.